The smallest absolute Gasteiger partial charge is 0.252 e. The van der Waals surface area contributed by atoms with Gasteiger partial charge in [-0.2, -0.15) is 0 Å². The fraction of sp³-hybridized carbons (Fsp3) is 0.105. The number of nitrogens with one attached hydrogen (secondary N) is 1. The van der Waals surface area contributed by atoms with Crippen molar-refractivity contribution in [2.75, 3.05) is 6.54 Å². The van der Waals surface area contributed by atoms with Crippen LogP contribution in [0.5, 0.6) is 0 Å². The molecule has 0 bridgehead atoms. The van der Waals surface area contributed by atoms with E-state index in [-0.39, 0.29) is 12.5 Å². The molecule has 3 rings (SSSR count). The van der Waals surface area contributed by atoms with E-state index in [9.17, 15) is 9.90 Å². The van der Waals surface area contributed by atoms with E-state index in [1.807, 2.05) is 60.7 Å². The SMILES string of the molecule is O=C(NCC(O)c1cccc2ccccc12)c1ccccc1I. The second-order valence-corrected chi connectivity index (χ2v) is 6.44. The van der Waals surface area contributed by atoms with Crippen LogP contribution in [0.4, 0.5) is 0 Å². The van der Waals surface area contributed by atoms with Gasteiger partial charge in [0, 0.05) is 10.1 Å². The number of halogens is 1. The average Bonchev–Trinajstić information content (AvgIpc) is 2.59. The van der Waals surface area contributed by atoms with Crippen molar-refractivity contribution in [2.24, 2.45) is 0 Å². The molecule has 3 nitrogen and oxygen atoms in total. The van der Waals surface area contributed by atoms with Crippen molar-refractivity contribution < 1.29 is 9.90 Å². The average molecular weight is 417 g/mol. The molecule has 116 valence electrons. The Bertz CT molecular complexity index is 842. The van der Waals surface area contributed by atoms with Crippen molar-refractivity contribution in [2.45, 2.75) is 6.10 Å². The van der Waals surface area contributed by atoms with Crippen LogP contribution in [0.15, 0.2) is 66.7 Å². The highest BCUT2D eigenvalue weighted by Gasteiger charge is 2.14. The molecule has 0 saturated carbocycles. The van der Waals surface area contributed by atoms with Crippen molar-refractivity contribution >= 4 is 39.3 Å². The summed E-state index contributed by atoms with van der Waals surface area (Å²) in [5.74, 6) is -0.172. The maximum Gasteiger partial charge on any atom is 0.252 e. The number of fused-ring (bicyclic) bond motifs is 1. The van der Waals surface area contributed by atoms with Crippen LogP contribution in [0.3, 0.4) is 0 Å². The molecule has 0 spiro atoms. The summed E-state index contributed by atoms with van der Waals surface area (Å²) in [6, 6.07) is 21.1. The van der Waals surface area contributed by atoms with E-state index in [0.29, 0.717) is 5.56 Å². The normalized spacial score (nSPS) is 12.1. The number of carbonyl (C=O) groups excluding carboxylic acids is 1. The zero-order chi connectivity index (χ0) is 16.2. The van der Waals surface area contributed by atoms with E-state index in [1.54, 1.807) is 6.07 Å². The van der Waals surface area contributed by atoms with E-state index in [4.69, 9.17) is 0 Å². The van der Waals surface area contributed by atoms with Crippen molar-refractivity contribution in [1.29, 1.82) is 0 Å². The molecule has 0 aromatic heterocycles. The van der Waals surface area contributed by atoms with Crippen molar-refractivity contribution in [3.05, 3.63) is 81.4 Å². The minimum atomic E-state index is -0.744. The van der Waals surface area contributed by atoms with E-state index in [0.717, 1.165) is 19.9 Å². The van der Waals surface area contributed by atoms with Gasteiger partial charge < -0.3 is 10.4 Å². The van der Waals surface area contributed by atoms with Crippen LogP contribution < -0.4 is 5.32 Å². The lowest BCUT2D eigenvalue weighted by Gasteiger charge is -2.15. The first-order valence-corrected chi connectivity index (χ1v) is 8.43. The second-order valence-electron chi connectivity index (χ2n) is 5.27. The van der Waals surface area contributed by atoms with Gasteiger partial charge in [-0.1, -0.05) is 54.6 Å². The zero-order valence-electron chi connectivity index (χ0n) is 12.4. The number of carbonyl (C=O) groups is 1. The molecule has 0 saturated heterocycles. The summed E-state index contributed by atoms with van der Waals surface area (Å²) >= 11 is 2.13. The largest absolute Gasteiger partial charge is 0.387 e. The van der Waals surface area contributed by atoms with Crippen LogP contribution in [0.1, 0.15) is 22.0 Å². The lowest BCUT2D eigenvalue weighted by atomic mass is 10.0. The van der Waals surface area contributed by atoms with Crippen LogP contribution in [-0.2, 0) is 0 Å². The van der Waals surface area contributed by atoms with Crippen LogP contribution in [0.25, 0.3) is 10.8 Å². The fourth-order valence-corrected chi connectivity index (χ4v) is 3.21. The highest BCUT2D eigenvalue weighted by molar-refractivity contribution is 14.1. The molecule has 23 heavy (non-hydrogen) atoms. The van der Waals surface area contributed by atoms with Gasteiger partial charge in [0.05, 0.1) is 11.7 Å². The van der Waals surface area contributed by atoms with E-state index in [1.165, 1.54) is 0 Å². The van der Waals surface area contributed by atoms with Gasteiger partial charge in [-0.05, 0) is 51.1 Å². The molecule has 1 unspecified atom stereocenters. The van der Waals surface area contributed by atoms with Gasteiger partial charge in [0.2, 0.25) is 0 Å². The quantitative estimate of drug-likeness (QED) is 0.633. The molecular weight excluding hydrogens is 401 g/mol. The lowest BCUT2D eigenvalue weighted by Crippen LogP contribution is -2.29. The van der Waals surface area contributed by atoms with Gasteiger partial charge in [0.25, 0.3) is 5.91 Å². The summed E-state index contributed by atoms with van der Waals surface area (Å²) in [5.41, 5.74) is 1.45. The minimum absolute atomic E-state index is 0.172. The number of aliphatic hydroxyl groups is 1. The Morgan fingerprint density at radius 1 is 1.00 bits per heavy atom. The monoisotopic (exact) mass is 417 g/mol. The number of hydrogen-bond donors (Lipinski definition) is 2. The molecule has 4 heteroatoms. The standard InChI is InChI=1S/C19H16INO2/c20-17-11-4-3-9-16(17)19(23)21-12-18(22)15-10-5-7-13-6-1-2-8-14(13)15/h1-11,18,22H,12H2,(H,21,23). The summed E-state index contributed by atoms with van der Waals surface area (Å²) in [6.45, 7) is 0.178. The number of amides is 1. The first-order chi connectivity index (χ1) is 11.2. The molecule has 0 aliphatic rings. The number of hydrogen-bond acceptors (Lipinski definition) is 2. The number of benzene rings is 3. The predicted octanol–water partition coefficient (Wildman–Crippen LogP) is 3.91. The molecule has 1 atom stereocenters. The Balaban J connectivity index is 1.75. The van der Waals surface area contributed by atoms with Crippen molar-refractivity contribution in [3.8, 4) is 0 Å². The second kappa shape index (κ2) is 7.10. The molecule has 0 heterocycles. The summed E-state index contributed by atoms with van der Waals surface area (Å²) in [4.78, 5) is 12.2. The predicted molar refractivity (Wildman–Crippen MR) is 100 cm³/mol. The molecule has 2 N–H and O–H groups in total. The highest BCUT2D eigenvalue weighted by atomic mass is 127. The molecule has 0 radical (unpaired) electrons. The zero-order valence-corrected chi connectivity index (χ0v) is 14.5. The first kappa shape index (κ1) is 16.0. The summed E-state index contributed by atoms with van der Waals surface area (Å²) in [5, 5.41) is 15.4. The third-order valence-corrected chi connectivity index (χ3v) is 4.70. The van der Waals surface area contributed by atoms with Gasteiger partial charge in [-0.3, -0.25) is 4.79 Å². The summed E-state index contributed by atoms with van der Waals surface area (Å²) < 4.78 is 0.891. The van der Waals surface area contributed by atoms with Gasteiger partial charge in [-0.25, -0.2) is 0 Å². The van der Waals surface area contributed by atoms with Crippen LogP contribution in [-0.4, -0.2) is 17.6 Å². The van der Waals surface area contributed by atoms with E-state index < -0.39 is 6.10 Å². The Morgan fingerprint density at radius 3 is 2.52 bits per heavy atom. The van der Waals surface area contributed by atoms with Gasteiger partial charge >= 0.3 is 0 Å². The number of rotatable bonds is 4. The fourth-order valence-electron chi connectivity index (χ4n) is 2.58. The molecule has 1 amide bonds. The topological polar surface area (TPSA) is 49.3 Å². The Kier molecular flexibility index (Phi) is 4.93. The highest BCUT2D eigenvalue weighted by Crippen LogP contribution is 2.24. The molecule has 3 aromatic rings. The maximum absolute atomic E-state index is 12.2. The van der Waals surface area contributed by atoms with E-state index >= 15 is 0 Å². The third-order valence-electron chi connectivity index (χ3n) is 3.76. The first-order valence-electron chi connectivity index (χ1n) is 7.35. The van der Waals surface area contributed by atoms with Gasteiger partial charge in [0.15, 0.2) is 0 Å². The molecule has 0 aliphatic carbocycles. The van der Waals surface area contributed by atoms with Crippen LogP contribution >= 0.6 is 22.6 Å². The molecule has 0 aliphatic heterocycles. The van der Waals surface area contributed by atoms with E-state index in [2.05, 4.69) is 27.9 Å². The summed E-state index contributed by atoms with van der Waals surface area (Å²) in [7, 11) is 0. The molecule has 0 fully saturated rings. The Labute approximate surface area is 148 Å². The van der Waals surface area contributed by atoms with Crippen molar-refractivity contribution in [3.63, 3.8) is 0 Å². The summed E-state index contributed by atoms with van der Waals surface area (Å²) in [6.07, 6.45) is -0.744. The molecule has 3 aromatic carbocycles. The van der Waals surface area contributed by atoms with Gasteiger partial charge in [-0.15, -0.1) is 0 Å². The minimum Gasteiger partial charge on any atom is -0.387 e. The Morgan fingerprint density at radius 2 is 1.70 bits per heavy atom. The molecular formula is C19H16INO2. The third kappa shape index (κ3) is 3.54. The maximum atomic E-state index is 12.2. The Hall–Kier alpha value is -1.92. The number of aliphatic hydroxyl groups excluding tert-OH is 1. The van der Waals surface area contributed by atoms with Crippen LogP contribution in [0, 0.1) is 3.57 Å². The van der Waals surface area contributed by atoms with Gasteiger partial charge in [0.1, 0.15) is 0 Å². The van der Waals surface area contributed by atoms with Crippen molar-refractivity contribution in [1.82, 2.24) is 5.32 Å². The lowest BCUT2D eigenvalue weighted by molar-refractivity contribution is 0.0916. The van der Waals surface area contributed by atoms with Crippen LogP contribution in [0.2, 0.25) is 0 Å².